The smallest absolute Gasteiger partial charge is 0.338 e. The van der Waals surface area contributed by atoms with Gasteiger partial charge in [0.05, 0.1) is 29.8 Å². The first kappa shape index (κ1) is 17.3. The fraction of sp³-hybridized carbons (Fsp3) is 0.158. The molecule has 0 aliphatic heterocycles. The van der Waals surface area contributed by atoms with Crippen LogP contribution in [0.25, 0.3) is 10.9 Å². The van der Waals surface area contributed by atoms with Gasteiger partial charge in [-0.2, -0.15) is 5.10 Å². The zero-order valence-corrected chi connectivity index (χ0v) is 14.5. The molecule has 0 saturated heterocycles. The lowest BCUT2D eigenvalue weighted by Gasteiger charge is -2.10. The van der Waals surface area contributed by atoms with Gasteiger partial charge in [0, 0.05) is 12.1 Å². The molecule has 0 aliphatic rings. The lowest BCUT2D eigenvalue weighted by atomic mass is 10.1. The molecule has 0 saturated carbocycles. The van der Waals surface area contributed by atoms with Crippen molar-refractivity contribution < 1.29 is 9.53 Å². The molecular formula is C19H18N4O3. The van der Waals surface area contributed by atoms with E-state index < -0.39 is 5.97 Å². The zero-order valence-electron chi connectivity index (χ0n) is 14.5. The molecule has 1 heterocycles. The fourth-order valence-electron chi connectivity index (χ4n) is 2.61. The van der Waals surface area contributed by atoms with Crippen LogP contribution in [0, 0.1) is 0 Å². The highest BCUT2D eigenvalue weighted by Gasteiger charge is 2.10. The summed E-state index contributed by atoms with van der Waals surface area (Å²) in [6.45, 7) is 2.31. The third kappa shape index (κ3) is 3.32. The van der Waals surface area contributed by atoms with Gasteiger partial charge in [0.1, 0.15) is 0 Å². The number of esters is 1. The topological polar surface area (TPSA) is 85.6 Å². The Bertz CT molecular complexity index is 1040. The summed E-state index contributed by atoms with van der Waals surface area (Å²) >= 11 is 0. The van der Waals surface area contributed by atoms with Gasteiger partial charge >= 0.3 is 5.97 Å². The van der Waals surface area contributed by atoms with Crippen LogP contribution in [0.2, 0.25) is 0 Å². The second-order valence-corrected chi connectivity index (χ2v) is 5.45. The highest BCUT2D eigenvalue weighted by molar-refractivity contribution is 5.99. The van der Waals surface area contributed by atoms with Gasteiger partial charge in [0.2, 0.25) is 5.95 Å². The molecule has 3 aromatic rings. The molecule has 26 heavy (non-hydrogen) atoms. The molecule has 3 rings (SSSR count). The van der Waals surface area contributed by atoms with Crippen LogP contribution >= 0.6 is 0 Å². The Labute approximate surface area is 149 Å². The number of nitrogens with zero attached hydrogens (tertiary/aromatic N) is 3. The van der Waals surface area contributed by atoms with Gasteiger partial charge in [-0.15, -0.1) is 0 Å². The first-order valence-electron chi connectivity index (χ1n) is 8.11. The van der Waals surface area contributed by atoms with E-state index in [1.54, 1.807) is 42.5 Å². The van der Waals surface area contributed by atoms with Crippen LogP contribution in [0.15, 0.2) is 58.4 Å². The SMILES string of the molecule is CCn1c(N/N=C\c2ccccc2C(=O)OC)nc2ccccc2c1=O. The zero-order chi connectivity index (χ0) is 18.5. The summed E-state index contributed by atoms with van der Waals surface area (Å²) in [4.78, 5) is 28.8. The van der Waals surface area contributed by atoms with Crippen LogP contribution < -0.4 is 11.0 Å². The third-order valence-corrected chi connectivity index (χ3v) is 3.91. The van der Waals surface area contributed by atoms with Crippen molar-refractivity contribution >= 4 is 29.0 Å². The predicted octanol–water partition coefficient (Wildman–Crippen LogP) is 2.65. The molecule has 0 unspecified atom stereocenters. The minimum absolute atomic E-state index is 0.134. The van der Waals surface area contributed by atoms with Crippen LogP contribution in [0.5, 0.6) is 0 Å². The summed E-state index contributed by atoms with van der Waals surface area (Å²) in [5.74, 6) is -0.107. The summed E-state index contributed by atoms with van der Waals surface area (Å²) in [6.07, 6.45) is 1.49. The van der Waals surface area contributed by atoms with Crippen molar-refractivity contribution in [2.45, 2.75) is 13.5 Å². The number of carbonyl (C=O) groups is 1. The fourth-order valence-corrected chi connectivity index (χ4v) is 2.61. The summed E-state index contributed by atoms with van der Waals surface area (Å²) < 4.78 is 6.27. The molecule has 7 heteroatoms. The number of anilines is 1. The lowest BCUT2D eigenvalue weighted by Crippen LogP contribution is -2.23. The van der Waals surface area contributed by atoms with Crippen molar-refractivity contribution in [2.24, 2.45) is 5.10 Å². The Balaban J connectivity index is 1.94. The molecule has 0 radical (unpaired) electrons. The molecule has 0 atom stereocenters. The number of aromatic nitrogens is 2. The van der Waals surface area contributed by atoms with Crippen LogP contribution in [-0.4, -0.2) is 28.8 Å². The quantitative estimate of drug-likeness (QED) is 0.434. The van der Waals surface area contributed by atoms with Crippen LogP contribution in [0.4, 0.5) is 5.95 Å². The molecule has 0 aliphatic carbocycles. The number of nitrogens with one attached hydrogen (secondary N) is 1. The highest BCUT2D eigenvalue weighted by Crippen LogP contribution is 2.12. The van der Waals surface area contributed by atoms with Crippen molar-refractivity contribution in [1.29, 1.82) is 0 Å². The first-order valence-corrected chi connectivity index (χ1v) is 8.11. The second-order valence-electron chi connectivity index (χ2n) is 5.45. The monoisotopic (exact) mass is 350 g/mol. The van der Waals surface area contributed by atoms with Crippen LogP contribution in [0.3, 0.4) is 0 Å². The summed E-state index contributed by atoms with van der Waals surface area (Å²) in [5, 5.41) is 4.70. The van der Waals surface area contributed by atoms with E-state index in [0.29, 0.717) is 34.5 Å². The maximum atomic E-state index is 12.6. The van der Waals surface area contributed by atoms with E-state index in [-0.39, 0.29) is 5.56 Å². The minimum Gasteiger partial charge on any atom is -0.465 e. The Morgan fingerprint density at radius 2 is 1.96 bits per heavy atom. The van der Waals surface area contributed by atoms with E-state index in [2.05, 4.69) is 15.5 Å². The number of carbonyl (C=O) groups excluding carboxylic acids is 1. The molecule has 1 N–H and O–H groups in total. The van der Waals surface area contributed by atoms with Gasteiger partial charge in [0.15, 0.2) is 0 Å². The Kier molecular flexibility index (Phi) is 5.07. The number of benzene rings is 2. The minimum atomic E-state index is -0.443. The molecule has 132 valence electrons. The lowest BCUT2D eigenvalue weighted by molar-refractivity contribution is 0.0600. The third-order valence-electron chi connectivity index (χ3n) is 3.91. The van der Waals surface area contributed by atoms with Crippen LogP contribution in [0.1, 0.15) is 22.8 Å². The van der Waals surface area contributed by atoms with Crippen LogP contribution in [-0.2, 0) is 11.3 Å². The second kappa shape index (κ2) is 7.60. The van der Waals surface area contributed by atoms with Crippen molar-refractivity contribution in [3.63, 3.8) is 0 Å². The molecular weight excluding hydrogens is 332 g/mol. The highest BCUT2D eigenvalue weighted by atomic mass is 16.5. The number of ether oxygens (including phenoxy) is 1. The van der Waals surface area contributed by atoms with E-state index in [4.69, 9.17) is 4.74 Å². The van der Waals surface area contributed by atoms with Crippen molar-refractivity contribution in [3.05, 3.63) is 70.0 Å². The molecule has 7 nitrogen and oxygen atoms in total. The number of hydrazone groups is 1. The molecule has 0 fully saturated rings. The van der Waals surface area contributed by atoms with E-state index >= 15 is 0 Å². The first-order chi connectivity index (χ1) is 12.7. The number of fused-ring (bicyclic) bond motifs is 1. The molecule has 2 aromatic carbocycles. The van der Waals surface area contributed by atoms with Gasteiger partial charge in [-0.3, -0.25) is 9.36 Å². The van der Waals surface area contributed by atoms with E-state index in [0.717, 1.165) is 0 Å². The summed E-state index contributed by atoms with van der Waals surface area (Å²) in [7, 11) is 1.33. The van der Waals surface area contributed by atoms with Gasteiger partial charge in [-0.1, -0.05) is 30.3 Å². The Hall–Kier alpha value is -3.48. The predicted molar refractivity (Wildman–Crippen MR) is 101 cm³/mol. The molecule has 0 amide bonds. The maximum absolute atomic E-state index is 12.6. The van der Waals surface area contributed by atoms with Crippen molar-refractivity contribution in [1.82, 2.24) is 9.55 Å². The Morgan fingerprint density at radius 1 is 1.23 bits per heavy atom. The van der Waals surface area contributed by atoms with Gasteiger partial charge < -0.3 is 4.74 Å². The number of para-hydroxylation sites is 1. The van der Waals surface area contributed by atoms with Gasteiger partial charge in [-0.05, 0) is 25.1 Å². The molecule has 0 spiro atoms. The summed E-state index contributed by atoms with van der Waals surface area (Å²) in [5.41, 5.74) is 4.26. The number of hydrogen-bond donors (Lipinski definition) is 1. The molecule has 1 aromatic heterocycles. The van der Waals surface area contributed by atoms with Gasteiger partial charge in [-0.25, -0.2) is 15.2 Å². The number of hydrogen-bond acceptors (Lipinski definition) is 6. The average Bonchev–Trinajstić information content (AvgIpc) is 2.68. The Morgan fingerprint density at radius 3 is 2.73 bits per heavy atom. The van der Waals surface area contributed by atoms with Gasteiger partial charge in [0.25, 0.3) is 5.56 Å². The van der Waals surface area contributed by atoms with E-state index in [1.807, 2.05) is 13.0 Å². The maximum Gasteiger partial charge on any atom is 0.338 e. The number of rotatable bonds is 5. The standard InChI is InChI=1S/C19H18N4O3/c1-3-23-17(24)15-10-6-7-11-16(15)21-19(23)22-20-12-13-8-4-5-9-14(13)18(25)26-2/h4-12H,3H2,1-2H3,(H,21,22)/b20-12-. The summed E-state index contributed by atoms with van der Waals surface area (Å²) in [6, 6.07) is 14.1. The largest absolute Gasteiger partial charge is 0.465 e. The van der Waals surface area contributed by atoms with E-state index in [9.17, 15) is 9.59 Å². The number of methoxy groups -OCH3 is 1. The normalized spacial score (nSPS) is 11.0. The average molecular weight is 350 g/mol. The molecule has 0 bridgehead atoms. The van der Waals surface area contributed by atoms with Crippen molar-refractivity contribution in [2.75, 3.05) is 12.5 Å². The van der Waals surface area contributed by atoms with E-state index in [1.165, 1.54) is 17.9 Å². The van der Waals surface area contributed by atoms with Crippen molar-refractivity contribution in [3.8, 4) is 0 Å².